The molecule has 134 valence electrons. The Hall–Kier alpha value is -3.35. The molecular weight excluding hydrogens is 332 g/mol. The summed E-state index contributed by atoms with van der Waals surface area (Å²) in [6.45, 7) is 3.70. The molecule has 1 aliphatic rings. The lowest BCUT2D eigenvalue weighted by molar-refractivity contribution is -0.121. The molecule has 1 amide bonds. The summed E-state index contributed by atoms with van der Waals surface area (Å²) < 4.78 is 0. The minimum Gasteiger partial charge on any atom is -0.508 e. The smallest absolute Gasteiger partial charge is 0.240 e. The van der Waals surface area contributed by atoms with E-state index in [2.05, 4.69) is 21.1 Å². The van der Waals surface area contributed by atoms with Gasteiger partial charge in [0.15, 0.2) is 0 Å². The fourth-order valence-corrected chi connectivity index (χ4v) is 2.74. The number of carbonyl (C=O) groups excluding carboxylic acids is 1. The number of nitrogens with zero attached hydrogens (tertiary/aromatic N) is 2. The van der Waals surface area contributed by atoms with Crippen LogP contribution in [0.5, 0.6) is 11.5 Å². The second kappa shape index (κ2) is 7.26. The Morgan fingerprint density at radius 3 is 2.65 bits per heavy atom. The molecule has 26 heavy (non-hydrogen) atoms. The van der Waals surface area contributed by atoms with E-state index < -0.39 is 0 Å². The molecule has 0 aliphatic carbocycles. The van der Waals surface area contributed by atoms with E-state index >= 15 is 0 Å². The van der Waals surface area contributed by atoms with Gasteiger partial charge in [-0.3, -0.25) is 10.2 Å². The van der Waals surface area contributed by atoms with Crippen molar-refractivity contribution in [1.82, 2.24) is 5.43 Å². The Labute approximate surface area is 151 Å². The van der Waals surface area contributed by atoms with Gasteiger partial charge < -0.3 is 10.2 Å². The standard InChI is InChI=1S/C19H20N4O3/c1-11-9-18(26)22-23-19(11)13-3-5-14(6-4-13)21-20-12(2)16-10-15(24)7-8-17(16)25/h3-8,10-11,21,24-25H,9H2,1-2H3,(H,22,26)/b20-12-. The van der Waals surface area contributed by atoms with Crippen LogP contribution in [0.4, 0.5) is 5.69 Å². The van der Waals surface area contributed by atoms with E-state index in [9.17, 15) is 15.0 Å². The van der Waals surface area contributed by atoms with Crippen LogP contribution in [-0.4, -0.2) is 27.5 Å². The van der Waals surface area contributed by atoms with Crippen LogP contribution in [0.15, 0.2) is 52.7 Å². The van der Waals surface area contributed by atoms with Crippen molar-refractivity contribution in [1.29, 1.82) is 0 Å². The average Bonchev–Trinajstić information content (AvgIpc) is 2.62. The van der Waals surface area contributed by atoms with Crippen LogP contribution >= 0.6 is 0 Å². The number of phenolic OH excluding ortho intramolecular Hbond substituents is 2. The Kier molecular flexibility index (Phi) is 4.88. The van der Waals surface area contributed by atoms with Gasteiger partial charge in [0.2, 0.25) is 5.91 Å². The van der Waals surface area contributed by atoms with Crippen molar-refractivity contribution in [3.8, 4) is 11.5 Å². The van der Waals surface area contributed by atoms with E-state index in [0.717, 1.165) is 17.0 Å². The predicted molar refractivity (Wildman–Crippen MR) is 101 cm³/mol. The molecule has 7 heteroatoms. The molecule has 0 radical (unpaired) electrons. The fraction of sp³-hybridized carbons (Fsp3) is 0.211. The van der Waals surface area contributed by atoms with E-state index in [1.165, 1.54) is 18.2 Å². The zero-order valence-corrected chi connectivity index (χ0v) is 14.5. The number of rotatable bonds is 4. The maximum Gasteiger partial charge on any atom is 0.240 e. The van der Waals surface area contributed by atoms with Crippen molar-refractivity contribution in [3.63, 3.8) is 0 Å². The van der Waals surface area contributed by atoms with E-state index in [-0.39, 0.29) is 23.3 Å². The second-order valence-corrected chi connectivity index (χ2v) is 6.23. The van der Waals surface area contributed by atoms with E-state index in [1.807, 2.05) is 31.2 Å². The summed E-state index contributed by atoms with van der Waals surface area (Å²) in [5.74, 6) is 0.106. The van der Waals surface area contributed by atoms with Crippen molar-refractivity contribution < 1.29 is 15.0 Å². The summed E-state index contributed by atoms with van der Waals surface area (Å²) in [4.78, 5) is 11.3. The highest BCUT2D eigenvalue weighted by Gasteiger charge is 2.21. The molecule has 0 spiro atoms. The zero-order valence-electron chi connectivity index (χ0n) is 14.5. The van der Waals surface area contributed by atoms with Gasteiger partial charge in [-0.25, -0.2) is 5.43 Å². The molecule has 2 aromatic rings. The monoisotopic (exact) mass is 352 g/mol. The van der Waals surface area contributed by atoms with Gasteiger partial charge in [-0.1, -0.05) is 19.1 Å². The normalized spacial score (nSPS) is 17.5. The maximum absolute atomic E-state index is 11.3. The van der Waals surface area contributed by atoms with Crippen LogP contribution in [0.25, 0.3) is 0 Å². The molecule has 0 saturated heterocycles. The lowest BCUT2D eigenvalue weighted by Crippen LogP contribution is -2.31. The number of hydrazone groups is 2. The molecule has 0 bridgehead atoms. The number of hydrogen-bond donors (Lipinski definition) is 4. The molecule has 1 unspecified atom stereocenters. The zero-order chi connectivity index (χ0) is 18.7. The lowest BCUT2D eigenvalue weighted by atomic mass is 9.94. The Balaban J connectivity index is 1.73. The van der Waals surface area contributed by atoms with Crippen molar-refractivity contribution in [2.24, 2.45) is 16.1 Å². The second-order valence-electron chi connectivity index (χ2n) is 6.23. The molecular formula is C19H20N4O3. The molecule has 3 rings (SSSR count). The number of anilines is 1. The number of benzene rings is 2. The highest BCUT2D eigenvalue weighted by atomic mass is 16.3. The average molecular weight is 352 g/mol. The van der Waals surface area contributed by atoms with Crippen LogP contribution in [0.2, 0.25) is 0 Å². The summed E-state index contributed by atoms with van der Waals surface area (Å²) in [7, 11) is 0. The number of aromatic hydroxyl groups is 2. The molecule has 1 heterocycles. The predicted octanol–water partition coefficient (Wildman–Crippen LogP) is 2.79. The van der Waals surface area contributed by atoms with Crippen molar-refractivity contribution in [2.75, 3.05) is 5.43 Å². The van der Waals surface area contributed by atoms with Gasteiger partial charge in [0.05, 0.1) is 17.1 Å². The first-order chi connectivity index (χ1) is 12.4. The van der Waals surface area contributed by atoms with Gasteiger partial charge in [0.1, 0.15) is 11.5 Å². The van der Waals surface area contributed by atoms with Gasteiger partial charge in [0.25, 0.3) is 0 Å². The summed E-state index contributed by atoms with van der Waals surface area (Å²) in [6, 6.07) is 11.8. The minimum absolute atomic E-state index is 0.0487. The SMILES string of the molecule is C/C(=N/Nc1ccc(C2=NNC(=O)CC2C)cc1)c1cc(O)ccc1O. The first kappa shape index (κ1) is 17.5. The van der Waals surface area contributed by atoms with Gasteiger partial charge in [-0.05, 0) is 42.8 Å². The van der Waals surface area contributed by atoms with Gasteiger partial charge in [-0.15, -0.1) is 0 Å². The Bertz CT molecular complexity index is 888. The van der Waals surface area contributed by atoms with Crippen molar-refractivity contribution >= 4 is 23.0 Å². The lowest BCUT2D eigenvalue weighted by Gasteiger charge is -2.19. The first-order valence-corrected chi connectivity index (χ1v) is 8.23. The number of carbonyl (C=O) groups is 1. The van der Waals surface area contributed by atoms with Crippen LogP contribution in [-0.2, 0) is 4.79 Å². The van der Waals surface area contributed by atoms with Crippen LogP contribution in [0.1, 0.15) is 31.4 Å². The van der Waals surface area contributed by atoms with Gasteiger partial charge >= 0.3 is 0 Å². The summed E-state index contributed by atoms with van der Waals surface area (Å²) in [5.41, 5.74) is 8.98. The summed E-state index contributed by atoms with van der Waals surface area (Å²) >= 11 is 0. The first-order valence-electron chi connectivity index (χ1n) is 8.23. The largest absolute Gasteiger partial charge is 0.508 e. The topological polar surface area (TPSA) is 106 Å². The van der Waals surface area contributed by atoms with E-state index in [0.29, 0.717) is 17.7 Å². The molecule has 7 nitrogen and oxygen atoms in total. The molecule has 2 aromatic carbocycles. The quantitative estimate of drug-likeness (QED) is 0.386. The Morgan fingerprint density at radius 1 is 1.23 bits per heavy atom. The van der Waals surface area contributed by atoms with E-state index in [4.69, 9.17) is 0 Å². The minimum atomic E-state index is -0.0699. The molecule has 4 N–H and O–H groups in total. The fourth-order valence-electron chi connectivity index (χ4n) is 2.74. The third-order valence-electron chi connectivity index (χ3n) is 4.16. The number of amides is 1. The Morgan fingerprint density at radius 2 is 1.96 bits per heavy atom. The van der Waals surface area contributed by atoms with Crippen LogP contribution in [0.3, 0.4) is 0 Å². The summed E-state index contributed by atoms with van der Waals surface area (Å²) in [5, 5.41) is 27.8. The third-order valence-corrected chi connectivity index (χ3v) is 4.16. The van der Waals surface area contributed by atoms with Gasteiger partial charge in [-0.2, -0.15) is 10.2 Å². The highest BCUT2D eigenvalue weighted by Crippen LogP contribution is 2.23. The molecule has 0 aromatic heterocycles. The number of phenols is 2. The summed E-state index contributed by atoms with van der Waals surface area (Å²) in [6.07, 6.45) is 0.426. The molecule has 0 fully saturated rings. The third kappa shape index (κ3) is 3.83. The van der Waals surface area contributed by atoms with E-state index in [1.54, 1.807) is 6.92 Å². The number of hydrogen-bond acceptors (Lipinski definition) is 6. The molecule has 1 atom stereocenters. The van der Waals surface area contributed by atoms with Crippen LogP contribution < -0.4 is 10.9 Å². The number of nitrogens with one attached hydrogen (secondary N) is 2. The van der Waals surface area contributed by atoms with Crippen molar-refractivity contribution in [3.05, 3.63) is 53.6 Å². The maximum atomic E-state index is 11.3. The van der Waals surface area contributed by atoms with Gasteiger partial charge in [0, 0.05) is 17.9 Å². The molecule has 1 aliphatic heterocycles. The molecule has 0 saturated carbocycles. The van der Waals surface area contributed by atoms with Crippen LogP contribution in [0, 0.1) is 5.92 Å². The highest BCUT2D eigenvalue weighted by molar-refractivity contribution is 6.06. The van der Waals surface area contributed by atoms with Crippen molar-refractivity contribution in [2.45, 2.75) is 20.3 Å².